The average Bonchev–Trinajstić information content (AvgIpc) is 2.83. The number of fused-ring (bicyclic) bond motifs is 1. The third-order valence-electron chi connectivity index (χ3n) is 3.93. The molecule has 0 fully saturated rings. The summed E-state index contributed by atoms with van der Waals surface area (Å²) in [6.07, 6.45) is 0.558. The van der Waals surface area contributed by atoms with E-state index in [1.165, 1.54) is 5.56 Å². The minimum atomic E-state index is 0.0539. The molecule has 0 bridgehead atoms. The van der Waals surface area contributed by atoms with Crippen LogP contribution in [0.15, 0.2) is 48.5 Å². The molecular weight excluding hydrogens is 248 g/mol. The maximum atomic E-state index is 12.0. The first-order chi connectivity index (χ1) is 9.72. The van der Waals surface area contributed by atoms with E-state index in [9.17, 15) is 4.79 Å². The van der Waals surface area contributed by atoms with E-state index in [1.54, 1.807) is 0 Å². The van der Waals surface area contributed by atoms with Crippen molar-refractivity contribution in [1.29, 1.82) is 0 Å². The van der Waals surface area contributed by atoms with Gasteiger partial charge in [0.05, 0.1) is 5.56 Å². The lowest BCUT2D eigenvalue weighted by Crippen LogP contribution is -2.15. The highest BCUT2D eigenvalue weighted by Crippen LogP contribution is 2.44. The first kappa shape index (κ1) is 12.9. The third-order valence-corrected chi connectivity index (χ3v) is 3.93. The SMILES string of the molecule is CCC(=O)c1cccc2c1OC(C)C2c1ccccc1. The summed E-state index contributed by atoms with van der Waals surface area (Å²) in [5, 5.41) is 0. The second kappa shape index (κ2) is 5.12. The molecular formula is C18H18O2. The van der Waals surface area contributed by atoms with E-state index >= 15 is 0 Å². The van der Waals surface area contributed by atoms with E-state index in [2.05, 4.69) is 25.1 Å². The third kappa shape index (κ3) is 2.01. The van der Waals surface area contributed by atoms with Crippen LogP contribution in [-0.2, 0) is 0 Å². The molecule has 3 rings (SSSR count). The Labute approximate surface area is 119 Å². The Balaban J connectivity index is 2.10. The van der Waals surface area contributed by atoms with Gasteiger partial charge in [-0.3, -0.25) is 4.79 Å². The molecule has 1 aliphatic heterocycles. The van der Waals surface area contributed by atoms with Crippen molar-refractivity contribution in [1.82, 2.24) is 0 Å². The number of ketones is 1. The van der Waals surface area contributed by atoms with E-state index in [1.807, 2.05) is 37.3 Å². The number of para-hydroxylation sites is 1. The fourth-order valence-corrected chi connectivity index (χ4v) is 2.96. The van der Waals surface area contributed by atoms with Crippen molar-refractivity contribution in [2.45, 2.75) is 32.3 Å². The number of carbonyl (C=O) groups excluding carboxylic acids is 1. The van der Waals surface area contributed by atoms with E-state index in [-0.39, 0.29) is 17.8 Å². The molecule has 1 aliphatic rings. The molecule has 1 heterocycles. The average molecular weight is 266 g/mol. The quantitative estimate of drug-likeness (QED) is 0.778. The standard InChI is InChI=1S/C18H18O2/c1-3-16(19)14-10-7-11-15-17(12(2)20-18(14)15)13-8-5-4-6-9-13/h4-12,17H,3H2,1-2H3. The van der Waals surface area contributed by atoms with Crippen molar-refractivity contribution < 1.29 is 9.53 Å². The number of hydrogen-bond acceptors (Lipinski definition) is 2. The van der Waals surface area contributed by atoms with Gasteiger partial charge in [-0.1, -0.05) is 49.4 Å². The lowest BCUT2D eigenvalue weighted by Gasteiger charge is -2.14. The number of benzene rings is 2. The molecule has 0 aromatic heterocycles. The molecule has 2 unspecified atom stereocenters. The molecule has 0 saturated heterocycles. The summed E-state index contributed by atoms with van der Waals surface area (Å²) in [5.41, 5.74) is 3.08. The van der Waals surface area contributed by atoms with Crippen molar-refractivity contribution in [2.75, 3.05) is 0 Å². The lowest BCUT2D eigenvalue weighted by atomic mass is 9.88. The van der Waals surface area contributed by atoms with Gasteiger partial charge in [0.25, 0.3) is 0 Å². The molecule has 20 heavy (non-hydrogen) atoms. The number of ether oxygens (including phenoxy) is 1. The van der Waals surface area contributed by atoms with Crippen LogP contribution in [0.3, 0.4) is 0 Å². The van der Waals surface area contributed by atoms with Gasteiger partial charge >= 0.3 is 0 Å². The Bertz CT molecular complexity index is 631. The van der Waals surface area contributed by atoms with Gasteiger partial charge in [-0.2, -0.15) is 0 Å². The van der Waals surface area contributed by atoms with Gasteiger partial charge in [0.1, 0.15) is 11.9 Å². The molecule has 2 aromatic carbocycles. The predicted molar refractivity (Wildman–Crippen MR) is 79.4 cm³/mol. The van der Waals surface area contributed by atoms with Gasteiger partial charge in [0, 0.05) is 17.9 Å². The summed E-state index contributed by atoms with van der Waals surface area (Å²) in [4.78, 5) is 12.0. The minimum absolute atomic E-state index is 0.0539. The topological polar surface area (TPSA) is 26.3 Å². The molecule has 0 amide bonds. The Morgan fingerprint density at radius 2 is 1.85 bits per heavy atom. The molecule has 0 aliphatic carbocycles. The van der Waals surface area contributed by atoms with Crippen molar-refractivity contribution >= 4 is 5.78 Å². The normalized spacial score (nSPS) is 20.3. The highest BCUT2D eigenvalue weighted by molar-refractivity contribution is 5.99. The van der Waals surface area contributed by atoms with Gasteiger partial charge < -0.3 is 4.74 Å². The van der Waals surface area contributed by atoms with Crippen molar-refractivity contribution in [3.05, 3.63) is 65.2 Å². The van der Waals surface area contributed by atoms with Crippen LogP contribution in [0.25, 0.3) is 0 Å². The molecule has 0 spiro atoms. The Morgan fingerprint density at radius 3 is 2.55 bits per heavy atom. The zero-order valence-electron chi connectivity index (χ0n) is 11.8. The van der Waals surface area contributed by atoms with Crippen LogP contribution in [0, 0.1) is 0 Å². The second-order valence-corrected chi connectivity index (χ2v) is 5.21. The van der Waals surface area contributed by atoms with Crippen LogP contribution in [0.4, 0.5) is 0 Å². The van der Waals surface area contributed by atoms with E-state index in [4.69, 9.17) is 4.74 Å². The van der Waals surface area contributed by atoms with E-state index in [0.29, 0.717) is 6.42 Å². The molecule has 2 aromatic rings. The lowest BCUT2D eigenvalue weighted by molar-refractivity contribution is 0.0983. The smallest absolute Gasteiger partial charge is 0.166 e. The summed E-state index contributed by atoms with van der Waals surface area (Å²) in [6.45, 7) is 3.95. The number of rotatable bonds is 3. The molecule has 2 nitrogen and oxygen atoms in total. The predicted octanol–water partition coefficient (Wildman–Crippen LogP) is 4.19. The summed E-state index contributed by atoms with van der Waals surface area (Å²) in [7, 11) is 0. The molecule has 0 radical (unpaired) electrons. The fraction of sp³-hybridized carbons (Fsp3) is 0.278. The van der Waals surface area contributed by atoms with Gasteiger partial charge in [0.2, 0.25) is 0 Å². The maximum absolute atomic E-state index is 12.0. The Kier molecular flexibility index (Phi) is 3.31. The zero-order chi connectivity index (χ0) is 14.1. The van der Waals surface area contributed by atoms with Crippen LogP contribution in [-0.4, -0.2) is 11.9 Å². The largest absolute Gasteiger partial charge is 0.489 e. The molecule has 2 heteroatoms. The highest BCUT2D eigenvalue weighted by atomic mass is 16.5. The first-order valence-corrected chi connectivity index (χ1v) is 7.10. The van der Waals surface area contributed by atoms with Crippen LogP contribution >= 0.6 is 0 Å². The number of Topliss-reactive ketones (excluding diaryl/α,β-unsaturated/α-hetero) is 1. The first-order valence-electron chi connectivity index (χ1n) is 7.10. The summed E-state index contributed by atoms with van der Waals surface area (Å²) >= 11 is 0. The van der Waals surface area contributed by atoms with Crippen LogP contribution in [0.5, 0.6) is 5.75 Å². The summed E-state index contributed by atoms with van der Waals surface area (Å²) in [6, 6.07) is 16.2. The van der Waals surface area contributed by atoms with Gasteiger partial charge in [-0.25, -0.2) is 0 Å². The molecule has 0 N–H and O–H groups in total. The fourth-order valence-electron chi connectivity index (χ4n) is 2.96. The maximum Gasteiger partial charge on any atom is 0.166 e. The van der Waals surface area contributed by atoms with Crippen molar-refractivity contribution in [3.8, 4) is 5.75 Å². The second-order valence-electron chi connectivity index (χ2n) is 5.21. The van der Waals surface area contributed by atoms with Crippen LogP contribution in [0.2, 0.25) is 0 Å². The van der Waals surface area contributed by atoms with Crippen molar-refractivity contribution in [2.24, 2.45) is 0 Å². The number of carbonyl (C=O) groups is 1. The molecule has 0 saturated carbocycles. The van der Waals surface area contributed by atoms with Crippen molar-refractivity contribution in [3.63, 3.8) is 0 Å². The molecule has 2 atom stereocenters. The monoisotopic (exact) mass is 266 g/mol. The van der Waals surface area contributed by atoms with E-state index < -0.39 is 0 Å². The van der Waals surface area contributed by atoms with E-state index in [0.717, 1.165) is 16.9 Å². The number of hydrogen-bond donors (Lipinski definition) is 0. The summed E-state index contributed by atoms with van der Waals surface area (Å²) in [5.74, 6) is 1.12. The summed E-state index contributed by atoms with van der Waals surface area (Å²) < 4.78 is 6.01. The Morgan fingerprint density at radius 1 is 1.10 bits per heavy atom. The van der Waals surface area contributed by atoms with Gasteiger partial charge in [-0.05, 0) is 18.6 Å². The zero-order valence-corrected chi connectivity index (χ0v) is 11.8. The minimum Gasteiger partial charge on any atom is -0.489 e. The highest BCUT2D eigenvalue weighted by Gasteiger charge is 2.34. The van der Waals surface area contributed by atoms with Gasteiger partial charge in [-0.15, -0.1) is 0 Å². The van der Waals surface area contributed by atoms with Crippen LogP contribution in [0.1, 0.15) is 47.7 Å². The molecule has 102 valence electrons. The van der Waals surface area contributed by atoms with Crippen LogP contribution < -0.4 is 4.74 Å². The Hall–Kier alpha value is -2.09. The van der Waals surface area contributed by atoms with Gasteiger partial charge in [0.15, 0.2) is 5.78 Å².